The Morgan fingerprint density at radius 3 is 2.46 bits per heavy atom. The Kier molecular flexibility index (Phi) is 7.10. The maximum atomic E-state index is 13.4. The standard InChI is InChI=1S/C23H18BrClN4O5S/c1-34-17-7-9-18(10-8-17)35(32,33)29(16-5-3-15(25)4-6-16)13-21(30)27-28-22-19-12-14(24)2-11-20(19)26-23(22)31/h2-12,26,31H,13H2,1H3. The van der Waals surface area contributed by atoms with E-state index in [1.165, 1.54) is 55.6 Å². The van der Waals surface area contributed by atoms with Crippen LogP contribution in [0.5, 0.6) is 11.6 Å². The van der Waals surface area contributed by atoms with E-state index in [2.05, 4.69) is 31.1 Å². The average molecular weight is 578 g/mol. The number of carbonyl (C=O) groups is 1. The molecule has 1 amide bonds. The minimum atomic E-state index is -4.16. The van der Waals surface area contributed by atoms with Crippen molar-refractivity contribution in [3.8, 4) is 11.6 Å². The van der Waals surface area contributed by atoms with Gasteiger partial charge in [0, 0.05) is 14.9 Å². The minimum absolute atomic E-state index is 0.0443. The van der Waals surface area contributed by atoms with E-state index in [4.69, 9.17) is 16.3 Å². The predicted molar refractivity (Wildman–Crippen MR) is 136 cm³/mol. The topological polar surface area (TPSA) is 124 Å². The Morgan fingerprint density at radius 2 is 1.80 bits per heavy atom. The van der Waals surface area contributed by atoms with E-state index < -0.39 is 22.5 Å². The number of hydrogen-bond acceptors (Lipinski definition) is 6. The zero-order chi connectivity index (χ0) is 25.2. The summed E-state index contributed by atoms with van der Waals surface area (Å²) < 4.78 is 33.6. The molecule has 12 heteroatoms. The number of hydrogen-bond donors (Lipinski definition) is 2. The van der Waals surface area contributed by atoms with Gasteiger partial charge >= 0.3 is 0 Å². The summed E-state index contributed by atoms with van der Waals surface area (Å²) in [5.74, 6) is -0.632. The number of rotatable bonds is 7. The monoisotopic (exact) mass is 576 g/mol. The van der Waals surface area contributed by atoms with Gasteiger partial charge in [-0.1, -0.05) is 27.5 Å². The number of H-pyrrole nitrogens is 1. The molecule has 1 aromatic heterocycles. The molecule has 9 nitrogen and oxygen atoms in total. The van der Waals surface area contributed by atoms with Crippen LogP contribution in [-0.4, -0.2) is 38.1 Å². The third kappa shape index (κ3) is 5.31. The molecule has 0 aliphatic rings. The third-order valence-corrected chi connectivity index (χ3v) is 7.55. The fraction of sp³-hybridized carbons (Fsp3) is 0.0870. The van der Waals surface area contributed by atoms with Crippen LogP contribution in [0.1, 0.15) is 0 Å². The van der Waals surface area contributed by atoms with Gasteiger partial charge < -0.3 is 14.8 Å². The van der Waals surface area contributed by atoms with Crippen molar-refractivity contribution in [3.63, 3.8) is 0 Å². The van der Waals surface area contributed by atoms with Crippen LogP contribution in [0.3, 0.4) is 0 Å². The zero-order valence-electron chi connectivity index (χ0n) is 18.1. The lowest BCUT2D eigenvalue weighted by Gasteiger charge is -2.23. The van der Waals surface area contributed by atoms with Crippen molar-refractivity contribution in [1.29, 1.82) is 0 Å². The summed E-state index contributed by atoms with van der Waals surface area (Å²) in [5.41, 5.74) is 0.871. The number of anilines is 1. The molecule has 1 heterocycles. The van der Waals surface area contributed by atoms with Gasteiger partial charge in [-0.2, -0.15) is 0 Å². The lowest BCUT2D eigenvalue weighted by molar-refractivity contribution is -0.116. The molecular weight excluding hydrogens is 560 g/mol. The number of halogens is 2. The van der Waals surface area contributed by atoms with Gasteiger partial charge in [-0.05, 0) is 66.7 Å². The van der Waals surface area contributed by atoms with Crippen LogP contribution in [0, 0.1) is 0 Å². The molecule has 0 saturated heterocycles. The van der Waals surface area contributed by atoms with Crippen LogP contribution in [-0.2, 0) is 14.8 Å². The summed E-state index contributed by atoms with van der Waals surface area (Å²) in [6.07, 6.45) is 0. The highest BCUT2D eigenvalue weighted by Gasteiger charge is 2.27. The number of nitrogens with one attached hydrogen (secondary N) is 1. The number of carbonyl (C=O) groups excluding carboxylic acids is 1. The number of aromatic amines is 1. The van der Waals surface area contributed by atoms with Crippen LogP contribution >= 0.6 is 27.5 Å². The van der Waals surface area contributed by atoms with E-state index in [1.54, 1.807) is 18.2 Å². The molecule has 0 spiro atoms. The van der Waals surface area contributed by atoms with Gasteiger partial charge in [-0.25, -0.2) is 8.42 Å². The number of azo groups is 1. The van der Waals surface area contributed by atoms with Gasteiger partial charge in [0.2, 0.25) is 5.88 Å². The van der Waals surface area contributed by atoms with Crippen molar-refractivity contribution >= 4 is 65.7 Å². The first kappa shape index (κ1) is 24.7. The molecule has 0 radical (unpaired) electrons. The fourth-order valence-corrected chi connectivity index (χ4v) is 5.20. The Hall–Kier alpha value is -3.41. The second kappa shape index (κ2) is 10.1. The highest BCUT2D eigenvalue weighted by atomic mass is 79.9. The van der Waals surface area contributed by atoms with Crippen molar-refractivity contribution in [2.24, 2.45) is 10.2 Å². The van der Waals surface area contributed by atoms with Crippen molar-refractivity contribution in [1.82, 2.24) is 4.98 Å². The lowest BCUT2D eigenvalue weighted by Crippen LogP contribution is -2.35. The van der Waals surface area contributed by atoms with Gasteiger partial charge in [-0.15, -0.1) is 10.2 Å². The molecule has 35 heavy (non-hydrogen) atoms. The van der Waals surface area contributed by atoms with Crippen LogP contribution in [0.4, 0.5) is 11.4 Å². The number of methoxy groups -OCH3 is 1. The fourth-order valence-electron chi connectivity index (χ4n) is 3.29. The number of fused-ring (bicyclic) bond motifs is 1. The maximum Gasteiger partial charge on any atom is 0.285 e. The summed E-state index contributed by atoms with van der Waals surface area (Å²) in [5, 5.41) is 18.7. The van der Waals surface area contributed by atoms with Crippen LogP contribution in [0.2, 0.25) is 5.02 Å². The summed E-state index contributed by atoms with van der Waals surface area (Å²) in [7, 11) is -2.69. The molecule has 4 rings (SSSR count). The Balaban J connectivity index is 1.67. The quantitative estimate of drug-likeness (QED) is 0.269. The summed E-state index contributed by atoms with van der Waals surface area (Å²) >= 11 is 9.30. The summed E-state index contributed by atoms with van der Waals surface area (Å²) in [6.45, 7) is -0.633. The second-order valence-electron chi connectivity index (χ2n) is 7.27. The first-order chi connectivity index (χ1) is 16.7. The van der Waals surface area contributed by atoms with Crippen LogP contribution in [0.25, 0.3) is 10.9 Å². The Labute approximate surface area is 214 Å². The van der Waals surface area contributed by atoms with Gasteiger partial charge in [0.15, 0.2) is 5.69 Å². The Morgan fingerprint density at radius 1 is 1.11 bits per heavy atom. The van der Waals surface area contributed by atoms with Crippen LogP contribution in [0.15, 0.2) is 86.3 Å². The first-order valence-electron chi connectivity index (χ1n) is 10.1. The average Bonchev–Trinajstić information content (AvgIpc) is 3.15. The van der Waals surface area contributed by atoms with Crippen LogP contribution < -0.4 is 9.04 Å². The van der Waals surface area contributed by atoms with Crippen molar-refractivity contribution in [3.05, 3.63) is 76.2 Å². The maximum absolute atomic E-state index is 13.4. The normalized spacial score (nSPS) is 11.7. The highest BCUT2D eigenvalue weighted by Crippen LogP contribution is 2.37. The zero-order valence-corrected chi connectivity index (χ0v) is 21.3. The molecule has 4 aromatic rings. The van der Waals surface area contributed by atoms with Crippen molar-refractivity contribution in [2.45, 2.75) is 4.90 Å². The highest BCUT2D eigenvalue weighted by molar-refractivity contribution is 9.10. The second-order valence-corrected chi connectivity index (χ2v) is 10.5. The predicted octanol–water partition coefficient (Wildman–Crippen LogP) is 5.80. The molecule has 0 saturated carbocycles. The summed E-state index contributed by atoms with van der Waals surface area (Å²) in [4.78, 5) is 15.5. The van der Waals surface area contributed by atoms with Gasteiger partial charge in [-0.3, -0.25) is 9.10 Å². The van der Waals surface area contributed by atoms with E-state index in [9.17, 15) is 18.3 Å². The third-order valence-electron chi connectivity index (χ3n) is 5.02. The molecule has 2 N–H and O–H groups in total. The smallest absolute Gasteiger partial charge is 0.285 e. The molecule has 0 bridgehead atoms. The van der Waals surface area contributed by atoms with Crippen molar-refractivity contribution in [2.75, 3.05) is 18.0 Å². The molecule has 0 fully saturated rings. The molecule has 0 aliphatic carbocycles. The van der Waals surface area contributed by atoms with Crippen molar-refractivity contribution < 1.29 is 23.1 Å². The number of ether oxygens (including phenoxy) is 1. The molecule has 180 valence electrons. The summed E-state index contributed by atoms with van der Waals surface area (Å²) in [6, 6.07) is 17.0. The molecule has 0 atom stereocenters. The number of aromatic nitrogens is 1. The van der Waals surface area contributed by atoms with E-state index in [-0.39, 0.29) is 22.2 Å². The van der Waals surface area contributed by atoms with E-state index in [0.29, 0.717) is 21.7 Å². The van der Waals surface area contributed by atoms with Gasteiger partial charge in [0.25, 0.3) is 15.9 Å². The number of aromatic hydroxyl groups is 1. The van der Waals surface area contributed by atoms with E-state index >= 15 is 0 Å². The molecule has 0 aliphatic heterocycles. The molecule has 3 aromatic carbocycles. The molecular formula is C23H18BrClN4O5S. The SMILES string of the molecule is COc1ccc(S(=O)(=O)N(CC(=O)N=Nc2c(O)[nH]c3ccc(Br)cc23)c2ccc(Cl)cc2)cc1. The largest absolute Gasteiger partial charge is 0.497 e. The van der Waals surface area contributed by atoms with Gasteiger partial charge in [0.1, 0.15) is 12.3 Å². The first-order valence-corrected chi connectivity index (χ1v) is 12.7. The number of nitrogens with zero attached hydrogens (tertiary/aromatic N) is 3. The van der Waals surface area contributed by atoms with E-state index in [1.807, 2.05) is 0 Å². The Bertz CT molecular complexity index is 1520. The van der Waals surface area contributed by atoms with Gasteiger partial charge in [0.05, 0.1) is 23.2 Å². The molecule has 0 unspecified atom stereocenters. The number of sulfonamides is 1. The lowest BCUT2D eigenvalue weighted by atomic mass is 10.2. The minimum Gasteiger partial charge on any atom is -0.497 e. The van der Waals surface area contributed by atoms with E-state index in [0.717, 1.165) is 8.78 Å². The number of benzene rings is 3. The number of amides is 1.